The second kappa shape index (κ2) is 9.47. The van der Waals surface area contributed by atoms with Crippen molar-refractivity contribution in [1.29, 1.82) is 0 Å². The van der Waals surface area contributed by atoms with Crippen molar-refractivity contribution in [2.24, 2.45) is 5.14 Å². The molecule has 3 heterocycles. The summed E-state index contributed by atoms with van der Waals surface area (Å²) in [4.78, 5) is 27.9. The summed E-state index contributed by atoms with van der Waals surface area (Å²) in [5.74, 6) is 0.993. The number of H-pyrrole nitrogens is 1. The number of anilines is 5. The van der Waals surface area contributed by atoms with Crippen LogP contribution in [0.15, 0.2) is 65.7 Å². The van der Waals surface area contributed by atoms with Crippen LogP contribution >= 0.6 is 0 Å². The fourth-order valence-corrected chi connectivity index (χ4v) is 4.70. The number of nitrogens with one attached hydrogen (secondary N) is 3. The van der Waals surface area contributed by atoms with Crippen LogP contribution in [-0.4, -0.2) is 60.4 Å². The Kier molecular flexibility index (Phi) is 6.20. The zero-order chi connectivity index (χ0) is 25.3. The Morgan fingerprint density at radius 2 is 1.72 bits per heavy atom. The van der Waals surface area contributed by atoms with E-state index in [0.29, 0.717) is 23.1 Å². The number of piperazine rings is 1. The van der Waals surface area contributed by atoms with Crippen molar-refractivity contribution in [3.63, 3.8) is 0 Å². The van der Waals surface area contributed by atoms with Crippen LogP contribution in [0.2, 0.25) is 0 Å². The molecule has 0 saturated carbocycles. The number of nitrogens with zero attached hydrogens (tertiary/aromatic N) is 4. The molecule has 36 heavy (non-hydrogen) atoms. The van der Waals surface area contributed by atoms with Crippen molar-refractivity contribution >= 4 is 55.8 Å². The van der Waals surface area contributed by atoms with Gasteiger partial charge in [-0.15, -0.1) is 0 Å². The van der Waals surface area contributed by atoms with Gasteiger partial charge in [-0.3, -0.25) is 4.79 Å². The molecule has 12 heteroatoms. The fraction of sp³-hybridized carbons (Fsp3) is 0.208. The molecule has 1 amide bonds. The molecule has 2 aromatic heterocycles. The standard InChI is InChI=1S/C24H26N8O3S/c1-16(33)31-11-13-32(14-12-31)19-7-5-17(6-8-19)28-24-29-22-21(9-10-26-22)23(30-24)27-18-3-2-4-20(15-18)36(25,34)35/h2-10,15H,11-14H2,1H3,(H2,25,34,35)(H3,26,27,28,29,30). The van der Waals surface area contributed by atoms with Crippen molar-refractivity contribution in [3.8, 4) is 0 Å². The largest absolute Gasteiger partial charge is 0.368 e. The summed E-state index contributed by atoms with van der Waals surface area (Å²) in [6.07, 6.45) is 1.76. The number of carbonyl (C=O) groups excluding carboxylic acids is 1. The second-order valence-corrected chi connectivity index (χ2v) is 10.1. The minimum absolute atomic E-state index is 0.00742. The Balaban J connectivity index is 1.34. The van der Waals surface area contributed by atoms with Crippen molar-refractivity contribution < 1.29 is 13.2 Å². The lowest BCUT2D eigenvalue weighted by molar-refractivity contribution is -0.129. The van der Waals surface area contributed by atoms with Gasteiger partial charge < -0.3 is 25.4 Å². The van der Waals surface area contributed by atoms with Gasteiger partial charge in [0.25, 0.3) is 0 Å². The van der Waals surface area contributed by atoms with Gasteiger partial charge in [-0.25, -0.2) is 13.6 Å². The maximum absolute atomic E-state index is 11.7. The number of carbonyl (C=O) groups is 1. The number of amides is 1. The monoisotopic (exact) mass is 506 g/mol. The lowest BCUT2D eigenvalue weighted by Crippen LogP contribution is -2.48. The first-order valence-corrected chi connectivity index (χ1v) is 12.9. The third-order valence-corrected chi connectivity index (χ3v) is 6.97. The highest BCUT2D eigenvalue weighted by molar-refractivity contribution is 7.89. The molecule has 0 bridgehead atoms. The Bertz CT molecular complexity index is 1510. The molecule has 1 fully saturated rings. The lowest BCUT2D eigenvalue weighted by Gasteiger charge is -2.35. The first-order chi connectivity index (χ1) is 17.3. The van der Waals surface area contributed by atoms with E-state index in [1.807, 2.05) is 35.2 Å². The SMILES string of the molecule is CC(=O)N1CCN(c2ccc(Nc3nc(Nc4cccc(S(N)(=O)=O)c4)c4cc[nH]c4n3)cc2)CC1. The van der Waals surface area contributed by atoms with Crippen LogP contribution < -0.4 is 20.7 Å². The molecule has 1 aliphatic rings. The summed E-state index contributed by atoms with van der Waals surface area (Å²) < 4.78 is 23.4. The average Bonchev–Trinajstić information content (AvgIpc) is 3.33. The molecule has 5 N–H and O–H groups in total. The van der Waals surface area contributed by atoms with Crippen LogP contribution in [0.5, 0.6) is 0 Å². The van der Waals surface area contributed by atoms with E-state index in [2.05, 4.69) is 30.5 Å². The number of hydrogen-bond donors (Lipinski definition) is 4. The molecule has 1 aliphatic heterocycles. The molecular weight excluding hydrogens is 480 g/mol. The van der Waals surface area contributed by atoms with E-state index in [0.717, 1.165) is 42.9 Å². The van der Waals surface area contributed by atoms with Crippen molar-refractivity contribution in [2.75, 3.05) is 41.7 Å². The smallest absolute Gasteiger partial charge is 0.238 e. The number of primary sulfonamides is 1. The normalized spacial score (nSPS) is 14.2. The summed E-state index contributed by atoms with van der Waals surface area (Å²) in [6, 6.07) is 16.0. The van der Waals surface area contributed by atoms with Crippen LogP contribution in [0.25, 0.3) is 11.0 Å². The van der Waals surface area contributed by atoms with E-state index in [1.54, 1.807) is 25.3 Å². The van der Waals surface area contributed by atoms with Gasteiger partial charge in [-0.1, -0.05) is 6.07 Å². The molecular formula is C24H26N8O3S. The van der Waals surface area contributed by atoms with Gasteiger partial charge in [-0.05, 0) is 48.5 Å². The molecule has 4 aromatic rings. The highest BCUT2D eigenvalue weighted by atomic mass is 32.2. The van der Waals surface area contributed by atoms with Gasteiger partial charge in [0.1, 0.15) is 11.5 Å². The van der Waals surface area contributed by atoms with E-state index < -0.39 is 10.0 Å². The molecule has 0 radical (unpaired) electrons. The number of benzene rings is 2. The number of hydrogen-bond acceptors (Lipinski definition) is 8. The van der Waals surface area contributed by atoms with Gasteiger partial charge in [0.2, 0.25) is 21.9 Å². The van der Waals surface area contributed by atoms with E-state index >= 15 is 0 Å². The molecule has 0 spiro atoms. The van der Waals surface area contributed by atoms with Gasteiger partial charge in [0.15, 0.2) is 0 Å². The van der Waals surface area contributed by atoms with E-state index in [4.69, 9.17) is 5.14 Å². The lowest BCUT2D eigenvalue weighted by atomic mass is 10.2. The summed E-state index contributed by atoms with van der Waals surface area (Å²) >= 11 is 0. The Morgan fingerprint density at radius 1 is 0.972 bits per heavy atom. The molecule has 11 nitrogen and oxygen atoms in total. The van der Waals surface area contributed by atoms with Crippen LogP contribution in [0.3, 0.4) is 0 Å². The number of nitrogens with two attached hydrogens (primary N) is 1. The zero-order valence-corrected chi connectivity index (χ0v) is 20.4. The third-order valence-electron chi connectivity index (χ3n) is 6.05. The fourth-order valence-electron chi connectivity index (χ4n) is 4.14. The Hall–Kier alpha value is -4.16. The summed E-state index contributed by atoms with van der Waals surface area (Å²) in [6.45, 7) is 4.62. The molecule has 1 saturated heterocycles. The minimum Gasteiger partial charge on any atom is -0.368 e. The van der Waals surface area contributed by atoms with Crippen LogP contribution in [0, 0.1) is 0 Å². The van der Waals surface area contributed by atoms with Gasteiger partial charge in [-0.2, -0.15) is 9.97 Å². The van der Waals surface area contributed by atoms with Gasteiger partial charge in [0.05, 0.1) is 10.3 Å². The van der Waals surface area contributed by atoms with Crippen LogP contribution in [-0.2, 0) is 14.8 Å². The van der Waals surface area contributed by atoms with E-state index in [9.17, 15) is 13.2 Å². The maximum Gasteiger partial charge on any atom is 0.238 e. The minimum atomic E-state index is -3.83. The highest BCUT2D eigenvalue weighted by Crippen LogP contribution is 2.27. The number of aromatic nitrogens is 3. The number of rotatable bonds is 6. The van der Waals surface area contributed by atoms with Gasteiger partial charge in [0, 0.05) is 56.4 Å². The third kappa shape index (κ3) is 5.09. The predicted molar refractivity (Wildman–Crippen MR) is 139 cm³/mol. The highest BCUT2D eigenvalue weighted by Gasteiger charge is 2.19. The number of fused-ring (bicyclic) bond motifs is 1. The van der Waals surface area contributed by atoms with E-state index in [1.165, 1.54) is 12.1 Å². The Morgan fingerprint density at radius 3 is 2.42 bits per heavy atom. The second-order valence-electron chi connectivity index (χ2n) is 8.50. The summed E-state index contributed by atoms with van der Waals surface area (Å²) in [5.41, 5.74) is 3.05. The van der Waals surface area contributed by atoms with Crippen LogP contribution in [0.1, 0.15) is 6.92 Å². The maximum atomic E-state index is 11.7. The molecule has 0 aliphatic carbocycles. The quantitative estimate of drug-likeness (QED) is 0.312. The Labute approximate surface area is 208 Å². The molecule has 0 unspecified atom stereocenters. The van der Waals surface area contributed by atoms with E-state index in [-0.39, 0.29) is 10.8 Å². The van der Waals surface area contributed by atoms with Crippen LogP contribution in [0.4, 0.5) is 28.8 Å². The average molecular weight is 507 g/mol. The summed E-state index contributed by atoms with van der Waals surface area (Å²) in [5, 5.41) is 12.4. The number of sulfonamides is 1. The van der Waals surface area contributed by atoms with Crippen molar-refractivity contribution in [1.82, 2.24) is 19.9 Å². The molecule has 5 rings (SSSR count). The first-order valence-electron chi connectivity index (χ1n) is 11.4. The van der Waals surface area contributed by atoms with Crippen molar-refractivity contribution in [2.45, 2.75) is 11.8 Å². The predicted octanol–water partition coefficient (Wildman–Crippen LogP) is 2.76. The molecule has 2 aromatic carbocycles. The first kappa shape index (κ1) is 23.6. The summed E-state index contributed by atoms with van der Waals surface area (Å²) in [7, 11) is -3.83. The topological polar surface area (TPSA) is 149 Å². The van der Waals surface area contributed by atoms with Crippen molar-refractivity contribution in [3.05, 3.63) is 60.8 Å². The molecule has 0 atom stereocenters. The number of aromatic amines is 1. The van der Waals surface area contributed by atoms with Gasteiger partial charge >= 0.3 is 0 Å². The molecule has 186 valence electrons. The zero-order valence-electron chi connectivity index (χ0n) is 19.6.